The van der Waals surface area contributed by atoms with Crippen LogP contribution in [-0.4, -0.2) is 83.6 Å². The lowest BCUT2D eigenvalue weighted by molar-refractivity contribution is -0.626. The summed E-state index contributed by atoms with van der Waals surface area (Å²) in [5.41, 5.74) is 18.5. The number of para-hydroxylation sites is 1. The Morgan fingerprint density at radius 2 is 1.96 bits per heavy atom. The Hall–Kier alpha value is -4.88. The summed E-state index contributed by atoms with van der Waals surface area (Å²) in [6.45, 7) is 1.22. The fourth-order valence-corrected chi connectivity index (χ4v) is 7.46. The van der Waals surface area contributed by atoms with Crippen molar-refractivity contribution in [2.45, 2.75) is 29.6 Å². The normalized spacial score (nSPS) is 18.6. The highest BCUT2D eigenvalue weighted by molar-refractivity contribution is 8.01. The molecule has 234 valence electrons. The third kappa shape index (κ3) is 6.49. The SMILES string of the molecule is C[C@@H](O/N=C(\C(=O)NC1C(=O)N2C(C(=O)O)=C(CSc3nc(N)cc(N)[n+]3-c3ccccc3)CSC12)c1csc(N)n1)C(=O)O. The van der Waals surface area contributed by atoms with Crippen molar-refractivity contribution in [3.8, 4) is 5.69 Å². The van der Waals surface area contributed by atoms with Crippen LogP contribution in [0.2, 0.25) is 0 Å². The van der Waals surface area contributed by atoms with Gasteiger partial charge in [-0.25, -0.2) is 14.6 Å². The van der Waals surface area contributed by atoms with Crippen molar-refractivity contribution in [3.05, 3.63) is 58.7 Å². The highest BCUT2D eigenvalue weighted by Crippen LogP contribution is 2.41. The average Bonchev–Trinajstić information content (AvgIpc) is 3.43. The second-order valence-electron chi connectivity index (χ2n) is 9.56. The number of nitrogens with zero attached hydrogens (tertiary/aromatic N) is 5. The number of hydrogen-bond acceptors (Lipinski definition) is 14. The van der Waals surface area contributed by atoms with Crippen molar-refractivity contribution < 1.29 is 38.8 Å². The number of carbonyl (C=O) groups excluding carboxylic acids is 2. The maximum atomic E-state index is 13.3. The minimum atomic E-state index is -1.38. The van der Waals surface area contributed by atoms with Crippen molar-refractivity contribution >= 4 is 81.1 Å². The van der Waals surface area contributed by atoms with Gasteiger partial charge in [-0.2, -0.15) is 4.57 Å². The van der Waals surface area contributed by atoms with Crippen LogP contribution < -0.4 is 27.1 Å². The monoisotopic (exact) mass is 672 g/mol. The van der Waals surface area contributed by atoms with Gasteiger partial charge < -0.3 is 37.6 Å². The molecular weight excluding hydrogens is 647 g/mol. The van der Waals surface area contributed by atoms with Crippen LogP contribution in [0.5, 0.6) is 0 Å². The number of amides is 2. The van der Waals surface area contributed by atoms with Crippen molar-refractivity contribution in [2.75, 3.05) is 28.7 Å². The second kappa shape index (κ2) is 13.0. The summed E-state index contributed by atoms with van der Waals surface area (Å²) in [7, 11) is 0. The first-order valence-electron chi connectivity index (χ1n) is 13.0. The van der Waals surface area contributed by atoms with Gasteiger partial charge in [-0.3, -0.25) is 14.5 Å². The quantitative estimate of drug-likeness (QED) is 0.0400. The molecule has 4 heterocycles. The molecule has 5 rings (SSSR count). The number of aromatic nitrogens is 3. The van der Waals surface area contributed by atoms with Gasteiger partial charge in [-0.15, -0.1) is 23.1 Å². The number of carboxylic acids is 2. The van der Waals surface area contributed by atoms with E-state index < -0.39 is 47.0 Å². The second-order valence-corrected chi connectivity index (χ2v) is 12.5. The molecule has 2 aliphatic rings. The molecule has 3 aromatic rings. The average molecular weight is 673 g/mol. The van der Waals surface area contributed by atoms with Gasteiger partial charge in [0.1, 0.15) is 28.5 Å². The van der Waals surface area contributed by atoms with E-state index in [4.69, 9.17) is 27.1 Å². The Labute approximate surface area is 267 Å². The number of nitrogen functional groups attached to an aromatic ring is 3. The number of thioether (sulfide) groups is 2. The maximum Gasteiger partial charge on any atom is 0.352 e. The fourth-order valence-electron chi connectivity index (χ4n) is 4.39. The standard InChI is InChI=1S/C26H25N9O7S3/c1-11(23(38)39)42-33-17(14-10-44-25(29)30-14)20(36)32-18-21(37)35-19(24(40)41)12(8-43-22(18)35)9-45-26-31-15(27)7-16(28)34(26)13-5-3-2-4-6-13/h2-7,10-11,18,22H,8-9H2,1H3,(H8,27,28,29,30,32,36,38,39,40,41)/p+1/b33-17-/t11-,18?,22?/m1/s1. The molecule has 3 atom stereocenters. The molecule has 2 aromatic heterocycles. The topological polar surface area (TPSA) is 253 Å². The number of nitrogens with one attached hydrogen (secondary N) is 1. The van der Waals surface area contributed by atoms with Crippen LogP contribution in [-0.2, 0) is 24.0 Å². The Morgan fingerprint density at radius 3 is 2.60 bits per heavy atom. The third-order valence-electron chi connectivity index (χ3n) is 6.53. The lowest BCUT2D eigenvalue weighted by atomic mass is 10.0. The van der Waals surface area contributed by atoms with E-state index in [0.29, 0.717) is 16.5 Å². The zero-order chi connectivity index (χ0) is 32.4. The molecule has 0 aliphatic carbocycles. The van der Waals surface area contributed by atoms with E-state index in [2.05, 4.69) is 20.4 Å². The molecule has 0 saturated carbocycles. The van der Waals surface area contributed by atoms with Crippen LogP contribution in [0.25, 0.3) is 5.69 Å². The lowest BCUT2D eigenvalue weighted by Crippen LogP contribution is -2.71. The van der Waals surface area contributed by atoms with Crippen LogP contribution in [0.1, 0.15) is 12.6 Å². The summed E-state index contributed by atoms with van der Waals surface area (Å²) in [6, 6.07) is 9.63. The van der Waals surface area contributed by atoms with Crippen LogP contribution in [0.3, 0.4) is 0 Å². The molecular formula is C26H26N9O7S3+. The molecule has 2 amide bonds. The number of rotatable bonds is 11. The van der Waals surface area contributed by atoms with E-state index >= 15 is 0 Å². The van der Waals surface area contributed by atoms with Gasteiger partial charge in [0.15, 0.2) is 10.8 Å². The number of thiazole rings is 1. The Morgan fingerprint density at radius 1 is 1.22 bits per heavy atom. The smallest absolute Gasteiger partial charge is 0.352 e. The van der Waals surface area contributed by atoms with E-state index in [0.717, 1.165) is 21.9 Å². The predicted molar refractivity (Wildman–Crippen MR) is 166 cm³/mol. The van der Waals surface area contributed by atoms with Gasteiger partial charge in [-0.05, 0) is 36.4 Å². The first-order valence-corrected chi connectivity index (χ1v) is 15.9. The molecule has 2 aliphatic heterocycles. The summed E-state index contributed by atoms with van der Waals surface area (Å²) < 4.78 is 1.69. The molecule has 1 saturated heterocycles. The van der Waals surface area contributed by atoms with Crippen LogP contribution in [0.4, 0.5) is 16.8 Å². The number of carboxylic acid groups (broad SMARTS) is 2. The molecule has 0 radical (unpaired) electrons. The molecule has 1 fully saturated rings. The number of hydrogen-bond donors (Lipinski definition) is 6. The number of nitrogens with two attached hydrogens (primary N) is 3. The van der Waals surface area contributed by atoms with Gasteiger partial charge in [0.2, 0.25) is 17.7 Å². The minimum Gasteiger partial charge on any atom is -0.478 e. The number of fused-ring (bicyclic) bond motifs is 1. The van der Waals surface area contributed by atoms with Gasteiger partial charge in [0, 0.05) is 16.9 Å². The van der Waals surface area contributed by atoms with Crippen molar-refractivity contribution in [3.63, 3.8) is 0 Å². The van der Waals surface area contributed by atoms with Crippen LogP contribution >= 0.6 is 34.9 Å². The van der Waals surface area contributed by atoms with Gasteiger partial charge >= 0.3 is 17.1 Å². The van der Waals surface area contributed by atoms with Gasteiger partial charge in [-0.1, -0.05) is 28.3 Å². The summed E-state index contributed by atoms with van der Waals surface area (Å²) in [5, 5.41) is 26.7. The summed E-state index contributed by atoms with van der Waals surface area (Å²) >= 11 is 3.50. The Bertz CT molecular complexity index is 1750. The first kappa shape index (κ1) is 31.5. The zero-order valence-corrected chi connectivity index (χ0v) is 25.8. The van der Waals surface area contributed by atoms with E-state index in [-0.39, 0.29) is 33.8 Å². The molecule has 1 aromatic carbocycles. The van der Waals surface area contributed by atoms with Gasteiger partial charge in [0.05, 0.1) is 6.07 Å². The maximum absolute atomic E-state index is 13.3. The third-order valence-corrected chi connectivity index (χ3v) is 9.56. The summed E-state index contributed by atoms with van der Waals surface area (Å²) in [6.07, 6.45) is -1.38. The molecule has 45 heavy (non-hydrogen) atoms. The van der Waals surface area contributed by atoms with E-state index in [9.17, 15) is 24.3 Å². The first-order chi connectivity index (χ1) is 21.5. The van der Waals surface area contributed by atoms with Crippen molar-refractivity contribution in [1.82, 2.24) is 20.2 Å². The number of carbonyl (C=O) groups is 4. The Balaban J connectivity index is 1.35. The highest BCUT2D eigenvalue weighted by Gasteiger charge is 2.54. The number of β-lactam (4-membered cyclic amide) rings is 1. The van der Waals surface area contributed by atoms with Crippen LogP contribution in [0, 0.1) is 0 Å². The van der Waals surface area contributed by atoms with Crippen molar-refractivity contribution in [1.29, 1.82) is 0 Å². The molecule has 16 nitrogen and oxygen atoms in total. The van der Waals surface area contributed by atoms with E-state index in [1.165, 1.54) is 41.9 Å². The number of aliphatic carboxylic acids is 2. The number of oxime groups is 1. The number of anilines is 3. The minimum absolute atomic E-state index is 0.0153. The fraction of sp³-hybridized carbons (Fsp3) is 0.231. The zero-order valence-electron chi connectivity index (χ0n) is 23.3. The molecule has 0 bridgehead atoms. The van der Waals surface area contributed by atoms with Crippen LogP contribution in [0.15, 0.2) is 63.4 Å². The highest BCUT2D eigenvalue weighted by atomic mass is 32.2. The molecule has 9 N–H and O–H groups in total. The predicted octanol–water partition coefficient (Wildman–Crippen LogP) is 0.286. The van der Waals surface area contributed by atoms with E-state index in [1.807, 2.05) is 30.3 Å². The molecule has 2 unspecified atom stereocenters. The van der Waals surface area contributed by atoms with E-state index in [1.54, 1.807) is 4.57 Å². The van der Waals surface area contributed by atoms with Gasteiger partial charge in [0.25, 0.3) is 11.8 Å². The summed E-state index contributed by atoms with van der Waals surface area (Å²) in [4.78, 5) is 64.5. The molecule has 0 spiro atoms. The number of benzene rings is 1. The summed E-state index contributed by atoms with van der Waals surface area (Å²) in [5.74, 6) is -3.22. The lowest BCUT2D eigenvalue weighted by Gasteiger charge is -2.49. The molecule has 19 heteroatoms. The Kier molecular flexibility index (Phi) is 9.11. The van der Waals surface area contributed by atoms with Crippen molar-refractivity contribution in [2.24, 2.45) is 5.16 Å². The largest absolute Gasteiger partial charge is 0.478 e.